The topological polar surface area (TPSA) is 114 Å². The second-order valence-corrected chi connectivity index (χ2v) is 6.36. The maximum absolute atomic E-state index is 12.5. The number of nitrogens with zero attached hydrogens (tertiary/aromatic N) is 3. The third kappa shape index (κ3) is 4.08. The first-order chi connectivity index (χ1) is 12.9. The van der Waals surface area contributed by atoms with Crippen molar-refractivity contribution >= 4 is 29.3 Å². The molecule has 3 rings (SSSR count). The number of carbonyl (C=O) groups is 3. The van der Waals surface area contributed by atoms with Gasteiger partial charge in [0, 0.05) is 25.2 Å². The van der Waals surface area contributed by atoms with E-state index >= 15 is 0 Å². The van der Waals surface area contributed by atoms with Crippen molar-refractivity contribution in [3.05, 3.63) is 36.0 Å². The molecule has 2 aromatic rings. The molecule has 1 aromatic carbocycles. The van der Waals surface area contributed by atoms with Crippen LogP contribution in [0.15, 0.2) is 30.5 Å². The van der Waals surface area contributed by atoms with Gasteiger partial charge in [0.2, 0.25) is 11.8 Å². The second kappa shape index (κ2) is 7.48. The largest absolute Gasteiger partial charge is 0.495 e. The van der Waals surface area contributed by atoms with Crippen molar-refractivity contribution in [1.82, 2.24) is 9.78 Å². The molecule has 142 valence electrons. The smallest absolute Gasteiger partial charge is 0.325 e. The van der Waals surface area contributed by atoms with Crippen molar-refractivity contribution in [1.29, 1.82) is 0 Å². The number of carboxylic acids is 1. The van der Waals surface area contributed by atoms with Gasteiger partial charge < -0.3 is 20.1 Å². The highest BCUT2D eigenvalue weighted by molar-refractivity contribution is 6.04. The van der Waals surface area contributed by atoms with Crippen molar-refractivity contribution < 1.29 is 24.2 Å². The van der Waals surface area contributed by atoms with E-state index in [1.54, 1.807) is 11.0 Å². The monoisotopic (exact) mass is 372 g/mol. The quantitative estimate of drug-likeness (QED) is 0.789. The summed E-state index contributed by atoms with van der Waals surface area (Å²) in [6.45, 7) is 1.86. The number of aryl methyl sites for hydroxylation is 1. The second-order valence-electron chi connectivity index (χ2n) is 6.36. The summed E-state index contributed by atoms with van der Waals surface area (Å²) in [5.41, 5.74) is 1.62. The van der Waals surface area contributed by atoms with E-state index in [4.69, 9.17) is 9.84 Å². The number of aliphatic carboxylic acids is 1. The van der Waals surface area contributed by atoms with E-state index in [2.05, 4.69) is 10.4 Å². The summed E-state index contributed by atoms with van der Waals surface area (Å²) < 4.78 is 6.54. The third-order valence-corrected chi connectivity index (χ3v) is 4.31. The first-order valence-corrected chi connectivity index (χ1v) is 8.38. The molecular formula is C18H20N4O5. The number of rotatable bonds is 6. The highest BCUT2D eigenvalue weighted by atomic mass is 16.5. The number of ether oxygens (including phenoxy) is 1. The number of benzene rings is 1. The van der Waals surface area contributed by atoms with Crippen LogP contribution in [0.4, 0.5) is 11.5 Å². The number of anilines is 2. The number of amides is 2. The van der Waals surface area contributed by atoms with Crippen LogP contribution >= 0.6 is 0 Å². The number of carboxylic acid groups (broad SMARTS) is 1. The van der Waals surface area contributed by atoms with Crippen molar-refractivity contribution in [3.63, 3.8) is 0 Å². The van der Waals surface area contributed by atoms with Gasteiger partial charge in [-0.3, -0.25) is 19.1 Å². The number of hydrogen-bond acceptors (Lipinski definition) is 5. The lowest BCUT2D eigenvalue weighted by Crippen LogP contribution is -2.28. The molecule has 0 radical (unpaired) electrons. The lowest BCUT2D eigenvalue weighted by molar-refractivity contribution is -0.137. The molecule has 2 amide bonds. The summed E-state index contributed by atoms with van der Waals surface area (Å²) in [7, 11) is 1.53. The number of aromatic nitrogens is 2. The van der Waals surface area contributed by atoms with Gasteiger partial charge in [-0.05, 0) is 24.6 Å². The highest BCUT2D eigenvalue weighted by Crippen LogP contribution is 2.34. The third-order valence-electron chi connectivity index (χ3n) is 4.31. The molecular weight excluding hydrogens is 352 g/mol. The van der Waals surface area contributed by atoms with Gasteiger partial charge in [-0.2, -0.15) is 5.10 Å². The van der Waals surface area contributed by atoms with Gasteiger partial charge in [-0.15, -0.1) is 0 Å². The predicted octanol–water partition coefficient (Wildman–Crippen LogP) is 1.28. The average Bonchev–Trinajstić information content (AvgIpc) is 3.20. The number of nitrogens with one attached hydrogen (secondary N) is 1. The summed E-state index contributed by atoms with van der Waals surface area (Å²) in [6.07, 6.45) is 1.55. The molecule has 27 heavy (non-hydrogen) atoms. The van der Waals surface area contributed by atoms with Gasteiger partial charge in [-0.25, -0.2) is 0 Å². The standard InChI is InChI=1S/C18H20N4O5/c1-11-3-4-14(27-2)13(7-11)22-9-12(8-16(22)23)18(26)19-15-5-6-21(20-15)10-17(24)25/h3-7,12H,8-10H2,1-2H3,(H,24,25)(H,19,20,26)/t12-/m0/s1. The fraction of sp³-hybridized carbons (Fsp3) is 0.333. The van der Waals surface area contributed by atoms with Crippen LogP contribution in [0, 0.1) is 12.8 Å². The minimum Gasteiger partial charge on any atom is -0.495 e. The zero-order chi connectivity index (χ0) is 19.6. The Balaban J connectivity index is 1.70. The van der Waals surface area contributed by atoms with Gasteiger partial charge in [0.15, 0.2) is 5.82 Å². The molecule has 1 atom stereocenters. The molecule has 1 aliphatic heterocycles. The van der Waals surface area contributed by atoms with Gasteiger partial charge in [-0.1, -0.05) is 6.07 Å². The van der Waals surface area contributed by atoms with Crippen LogP contribution < -0.4 is 15.0 Å². The molecule has 0 spiro atoms. The Labute approximate surface area is 155 Å². The fourth-order valence-corrected chi connectivity index (χ4v) is 3.01. The number of methoxy groups -OCH3 is 1. The summed E-state index contributed by atoms with van der Waals surface area (Å²) in [5, 5.41) is 15.4. The maximum atomic E-state index is 12.5. The van der Waals surface area contributed by atoms with Crippen LogP contribution in [-0.2, 0) is 20.9 Å². The maximum Gasteiger partial charge on any atom is 0.325 e. The normalized spacial score (nSPS) is 16.4. The molecule has 2 N–H and O–H groups in total. The first-order valence-electron chi connectivity index (χ1n) is 8.38. The van der Waals surface area contributed by atoms with Crippen LogP contribution in [0.2, 0.25) is 0 Å². The molecule has 1 aromatic heterocycles. The molecule has 1 aliphatic rings. The Morgan fingerprint density at radius 3 is 2.85 bits per heavy atom. The van der Waals surface area contributed by atoms with Gasteiger partial charge >= 0.3 is 5.97 Å². The van der Waals surface area contributed by atoms with Crippen LogP contribution in [0.1, 0.15) is 12.0 Å². The van der Waals surface area contributed by atoms with Crippen molar-refractivity contribution in [2.75, 3.05) is 23.9 Å². The molecule has 9 heteroatoms. The predicted molar refractivity (Wildman–Crippen MR) is 96.7 cm³/mol. The Kier molecular flexibility index (Phi) is 5.11. The lowest BCUT2D eigenvalue weighted by Gasteiger charge is -2.20. The zero-order valence-electron chi connectivity index (χ0n) is 15.0. The Morgan fingerprint density at radius 2 is 2.15 bits per heavy atom. The van der Waals surface area contributed by atoms with Crippen LogP contribution in [0.25, 0.3) is 0 Å². The van der Waals surface area contributed by atoms with E-state index in [1.165, 1.54) is 24.1 Å². The molecule has 0 bridgehead atoms. The average molecular weight is 372 g/mol. The molecule has 2 heterocycles. The van der Waals surface area contributed by atoms with E-state index in [9.17, 15) is 14.4 Å². The van der Waals surface area contributed by atoms with Crippen molar-refractivity contribution in [2.24, 2.45) is 5.92 Å². The number of carbonyl (C=O) groups excluding carboxylic acids is 2. The Bertz CT molecular complexity index is 892. The highest BCUT2D eigenvalue weighted by Gasteiger charge is 2.36. The molecule has 1 saturated heterocycles. The van der Waals surface area contributed by atoms with Crippen LogP contribution in [-0.4, -0.2) is 46.3 Å². The minimum atomic E-state index is -1.03. The van der Waals surface area contributed by atoms with Crippen LogP contribution in [0.5, 0.6) is 5.75 Å². The van der Waals surface area contributed by atoms with E-state index in [0.29, 0.717) is 11.4 Å². The van der Waals surface area contributed by atoms with Gasteiger partial charge in [0.1, 0.15) is 12.3 Å². The number of hydrogen-bond donors (Lipinski definition) is 2. The molecule has 0 saturated carbocycles. The summed E-state index contributed by atoms with van der Waals surface area (Å²) in [6, 6.07) is 7.05. The Morgan fingerprint density at radius 1 is 1.37 bits per heavy atom. The fourth-order valence-electron chi connectivity index (χ4n) is 3.01. The van der Waals surface area contributed by atoms with Gasteiger partial charge in [0.25, 0.3) is 0 Å². The Hall–Kier alpha value is -3.36. The molecule has 1 fully saturated rings. The lowest BCUT2D eigenvalue weighted by atomic mass is 10.1. The minimum absolute atomic E-state index is 0.0821. The summed E-state index contributed by atoms with van der Waals surface area (Å²) in [5.74, 6) is -1.23. The van der Waals surface area contributed by atoms with E-state index in [0.717, 1.165) is 5.56 Å². The van der Waals surface area contributed by atoms with E-state index in [-0.39, 0.29) is 37.1 Å². The summed E-state index contributed by atoms with van der Waals surface area (Å²) >= 11 is 0. The van der Waals surface area contributed by atoms with Crippen molar-refractivity contribution in [2.45, 2.75) is 19.9 Å². The molecule has 0 unspecified atom stereocenters. The summed E-state index contributed by atoms with van der Waals surface area (Å²) in [4.78, 5) is 37.2. The molecule has 9 nitrogen and oxygen atoms in total. The van der Waals surface area contributed by atoms with E-state index in [1.807, 2.05) is 19.1 Å². The molecule has 0 aliphatic carbocycles. The zero-order valence-corrected chi connectivity index (χ0v) is 15.0. The van der Waals surface area contributed by atoms with Gasteiger partial charge in [0.05, 0.1) is 18.7 Å². The first kappa shape index (κ1) is 18.4. The van der Waals surface area contributed by atoms with Crippen LogP contribution in [0.3, 0.4) is 0 Å². The van der Waals surface area contributed by atoms with Crippen molar-refractivity contribution in [3.8, 4) is 5.75 Å². The van der Waals surface area contributed by atoms with E-state index < -0.39 is 11.9 Å². The SMILES string of the molecule is COc1ccc(C)cc1N1C[C@@H](C(=O)Nc2ccn(CC(=O)O)n2)CC1=O.